The molecule has 2 saturated heterocycles. The van der Waals surface area contributed by atoms with E-state index in [1.54, 1.807) is 12.1 Å². The average molecular weight is 472 g/mol. The molecule has 2 fully saturated rings. The van der Waals surface area contributed by atoms with Gasteiger partial charge in [0.25, 0.3) is 5.91 Å². The van der Waals surface area contributed by atoms with Crippen molar-refractivity contribution >= 4 is 11.6 Å². The lowest BCUT2D eigenvalue weighted by Gasteiger charge is -2.44. The Balaban J connectivity index is 1.58. The first-order valence-corrected chi connectivity index (χ1v) is 11.5. The Hall–Kier alpha value is -3.05. The number of anilines is 1. The lowest BCUT2D eigenvalue weighted by molar-refractivity contribution is -0.137. The minimum Gasteiger partial charge on any atom is -0.381 e. The molecule has 0 unspecified atom stereocenters. The number of nitriles is 1. The monoisotopic (exact) mass is 471 g/mol. The molecule has 8 heteroatoms. The van der Waals surface area contributed by atoms with Gasteiger partial charge in [0.15, 0.2) is 0 Å². The number of aryl methyl sites for hydroxylation is 1. The third-order valence-electron chi connectivity index (χ3n) is 7.11. The van der Waals surface area contributed by atoms with Crippen LogP contribution in [0, 0.1) is 29.6 Å². The highest BCUT2D eigenvalue weighted by atomic mass is 19.4. The standard InChI is InChI=1S/C26H28F3N3O2/c1-3-34-17-25-10-11-31(22-9-8-20(13-30)23(12-22)26(27,28)29)14-21(25)15-32(16-25)24(33)19-6-4-18(2)5-7-19/h4-9,12,21H,3,10-11,14-17H2,1-2H3/t21-,25+/m1/s1. The van der Waals surface area contributed by atoms with E-state index in [4.69, 9.17) is 10.00 Å². The summed E-state index contributed by atoms with van der Waals surface area (Å²) in [5, 5.41) is 9.10. The number of carbonyl (C=O) groups is 1. The number of piperidine rings is 1. The normalized spacial score (nSPS) is 22.4. The molecule has 5 nitrogen and oxygen atoms in total. The molecule has 0 saturated carbocycles. The van der Waals surface area contributed by atoms with Crippen molar-refractivity contribution in [2.45, 2.75) is 26.4 Å². The van der Waals surface area contributed by atoms with E-state index in [1.807, 2.05) is 47.9 Å². The van der Waals surface area contributed by atoms with Crippen LogP contribution in [0.5, 0.6) is 0 Å². The first kappa shape index (κ1) is 24.1. The molecule has 0 bridgehead atoms. The fourth-order valence-electron chi connectivity index (χ4n) is 5.15. The van der Waals surface area contributed by atoms with Gasteiger partial charge in [0.2, 0.25) is 0 Å². The van der Waals surface area contributed by atoms with Gasteiger partial charge in [-0.1, -0.05) is 17.7 Å². The Morgan fingerprint density at radius 2 is 1.94 bits per heavy atom. The number of alkyl halides is 3. The van der Waals surface area contributed by atoms with Crippen LogP contribution in [-0.4, -0.2) is 50.2 Å². The predicted molar refractivity (Wildman–Crippen MR) is 122 cm³/mol. The zero-order valence-electron chi connectivity index (χ0n) is 19.4. The van der Waals surface area contributed by atoms with Crippen molar-refractivity contribution in [2.24, 2.45) is 11.3 Å². The Kier molecular flexibility index (Phi) is 6.59. The summed E-state index contributed by atoms with van der Waals surface area (Å²) < 4.78 is 46.3. The number of hydrogen-bond donors (Lipinski definition) is 0. The maximum atomic E-state index is 13.5. The van der Waals surface area contributed by atoms with Gasteiger partial charge >= 0.3 is 6.18 Å². The first-order chi connectivity index (χ1) is 16.2. The molecule has 0 radical (unpaired) electrons. The summed E-state index contributed by atoms with van der Waals surface area (Å²) in [6.45, 7) is 7.15. The molecule has 2 atom stereocenters. The minimum atomic E-state index is -4.60. The Morgan fingerprint density at radius 3 is 2.59 bits per heavy atom. The molecule has 0 spiro atoms. The van der Waals surface area contributed by atoms with Crippen LogP contribution in [0.3, 0.4) is 0 Å². The van der Waals surface area contributed by atoms with Crippen molar-refractivity contribution in [1.82, 2.24) is 4.90 Å². The van der Waals surface area contributed by atoms with Gasteiger partial charge < -0.3 is 14.5 Å². The third-order valence-corrected chi connectivity index (χ3v) is 7.11. The minimum absolute atomic E-state index is 0.0328. The van der Waals surface area contributed by atoms with Crippen LogP contribution in [0.25, 0.3) is 0 Å². The van der Waals surface area contributed by atoms with Crippen LogP contribution in [0.4, 0.5) is 18.9 Å². The molecule has 2 aromatic rings. The number of halogens is 3. The van der Waals surface area contributed by atoms with Gasteiger partial charge in [-0.2, -0.15) is 18.4 Å². The van der Waals surface area contributed by atoms with Crippen LogP contribution >= 0.6 is 0 Å². The van der Waals surface area contributed by atoms with Crippen molar-refractivity contribution < 1.29 is 22.7 Å². The topological polar surface area (TPSA) is 56.6 Å². The average Bonchev–Trinajstić information content (AvgIpc) is 3.21. The Labute approximate surface area is 197 Å². The number of benzene rings is 2. The summed E-state index contributed by atoms with van der Waals surface area (Å²) in [7, 11) is 0. The van der Waals surface area contributed by atoms with E-state index in [-0.39, 0.29) is 22.8 Å². The van der Waals surface area contributed by atoms with E-state index in [0.29, 0.717) is 57.1 Å². The number of likely N-dealkylation sites (tertiary alicyclic amines) is 1. The van der Waals surface area contributed by atoms with Gasteiger partial charge in [-0.05, 0) is 50.6 Å². The van der Waals surface area contributed by atoms with E-state index in [1.165, 1.54) is 6.07 Å². The molecule has 2 aromatic carbocycles. The SMILES string of the molecule is CCOC[C@@]12CCN(c3ccc(C#N)c(C(F)(F)F)c3)C[C@@H]1CN(C(=O)c1ccc(C)cc1)C2. The predicted octanol–water partition coefficient (Wildman–Crippen LogP) is 4.89. The molecule has 180 valence electrons. The summed E-state index contributed by atoms with van der Waals surface area (Å²) in [6.07, 6.45) is -3.89. The highest BCUT2D eigenvalue weighted by Gasteiger charge is 2.51. The van der Waals surface area contributed by atoms with Gasteiger partial charge in [0, 0.05) is 55.4 Å². The molecule has 1 amide bonds. The van der Waals surface area contributed by atoms with Crippen LogP contribution in [0.15, 0.2) is 42.5 Å². The molecular weight excluding hydrogens is 443 g/mol. The second-order valence-corrected chi connectivity index (χ2v) is 9.28. The van der Waals surface area contributed by atoms with Crippen molar-refractivity contribution in [2.75, 3.05) is 44.3 Å². The molecule has 2 aliphatic rings. The highest BCUT2D eigenvalue weighted by Crippen LogP contribution is 2.45. The summed E-state index contributed by atoms with van der Waals surface area (Å²) in [4.78, 5) is 17.0. The van der Waals surface area contributed by atoms with E-state index in [0.717, 1.165) is 11.6 Å². The molecular formula is C26H28F3N3O2. The van der Waals surface area contributed by atoms with Crippen molar-refractivity contribution in [1.29, 1.82) is 5.26 Å². The molecule has 0 aliphatic carbocycles. The van der Waals surface area contributed by atoms with Crippen LogP contribution < -0.4 is 4.90 Å². The number of hydrogen-bond acceptors (Lipinski definition) is 4. The number of rotatable bonds is 5. The number of ether oxygens (including phenoxy) is 1. The van der Waals surface area contributed by atoms with Gasteiger partial charge in [-0.25, -0.2) is 0 Å². The number of carbonyl (C=O) groups excluding carboxylic acids is 1. The lowest BCUT2D eigenvalue weighted by Crippen LogP contribution is -2.49. The van der Waals surface area contributed by atoms with E-state index in [9.17, 15) is 18.0 Å². The maximum Gasteiger partial charge on any atom is 0.417 e. The van der Waals surface area contributed by atoms with Crippen molar-refractivity contribution in [3.8, 4) is 6.07 Å². The number of amides is 1. The second kappa shape index (κ2) is 9.30. The van der Waals surface area contributed by atoms with Gasteiger partial charge in [-0.15, -0.1) is 0 Å². The van der Waals surface area contributed by atoms with E-state index >= 15 is 0 Å². The Bertz CT molecular complexity index is 1090. The molecule has 2 heterocycles. The van der Waals surface area contributed by atoms with Crippen LogP contribution in [0.1, 0.15) is 40.4 Å². The first-order valence-electron chi connectivity index (χ1n) is 11.5. The summed E-state index contributed by atoms with van der Waals surface area (Å²) in [6, 6.07) is 13.0. The van der Waals surface area contributed by atoms with Crippen molar-refractivity contribution in [3.63, 3.8) is 0 Å². The van der Waals surface area contributed by atoms with Crippen molar-refractivity contribution in [3.05, 3.63) is 64.7 Å². The smallest absolute Gasteiger partial charge is 0.381 e. The molecule has 0 aromatic heterocycles. The molecule has 2 aliphatic heterocycles. The lowest BCUT2D eigenvalue weighted by atomic mass is 9.73. The van der Waals surface area contributed by atoms with Gasteiger partial charge in [0.1, 0.15) is 0 Å². The second-order valence-electron chi connectivity index (χ2n) is 9.28. The zero-order chi connectivity index (χ0) is 24.5. The largest absolute Gasteiger partial charge is 0.417 e. The fourth-order valence-corrected chi connectivity index (χ4v) is 5.15. The van der Waals surface area contributed by atoms with Crippen LogP contribution in [-0.2, 0) is 10.9 Å². The quantitative estimate of drug-likeness (QED) is 0.623. The van der Waals surface area contributed by atoms with Crippen LogP contribution in [0.2, 0.25) is 0 Å². The summed E-state index contributed by atoms with van der Waals surface area (Å²) >= 11 is 0. The Morgan fingerprint density at radius 1 is 1.21 bits per heavy atom. The summed E-state index contributed by atoms with van der Waals surface area (Å²) in [5.41, 5.74) is 0.632. The zero-order valence-corrected chi connectivity index (χ0v) is 19.4. The van der Waals surface area contributed by atoms with E-state index < -0.39 is 11.7 Å². The molecule has 4 rings (SSSR count). The highest BCUT2D eigenvalue weighted by molar-refractivity contribution is 5.94. The van der Waals surface area contributed by atoms with E-state index in [2.05, 4.69) is 0 Å². The summed E-state index contributed by atoms with van der Waals surface area (Å²) in [5.74, 6) is 0.0294. The number of fused-ring (bicyclic) bond motifs is 1. The van der Waals surface area contributed by atoms with Gasteiger partial charge in [0.05, 0.1) is 23.8 Å². The molecule has 0 N–H and O–H groups in total. The maximum absolute atomic E-state index is 13.5. The molecule has 34 heavy (non-hydrogen) atoms. The fraction of sp³-hybridized carbons (Fsp3) is 0.462. The van der Waals surface area contributed by atoms with Gasteiger partial charge in [-0.3, -0.25) is 4.79 Å². The third kappa shape index (κ3) is 4.62. The number of nitrogens with zero attached hydrogens (tertiary/aromatic N) is 3.